The number of anilines is 1. The number of thioether (sulfide) groups is 1. The highest BCUT2D eigenvalue weighted by molar-refractivity contribution is 8.04. The molecule has 0 saturated heterocycles. The van der Waals surface area contributed by atoms with Crippen molar-refractivity contribution in [3.8, 4) is 0 Å². The summed E-state index contributed by atoms with van der Waals surface area (Å²) in [6.07, 6.45) is -3.21. The number of alkyl halides is 3. The standard InChI is InChI=1S/C18H14F3NO3S/c19-18(20,21)13-8-4-5-9-14(13)22-16(23)11-26-15(17(24)25)10-12-6-2-1-3-7-12/h1-10H,11H2,(H,22,23)(H,24,25)/b15-10+. The summed E-state index contributed by atoms with van der Waals surface area (Å²) < 4.78 is 38.8. The van der Waals surface area contributed by atoms with E-state index in [1.807, 2.05) is 0 Å². The Bertz CT molecular complexity index is 820. The van der Waals surface area contributed by atoms with Crippen LogP contribution in [0.2, 0.25) is 0 Å². The average molecular weight is 381 g/mol. The lowest BCUT2D eigenvalue weighted by Gasteiger charge is -2.13. The first-order chi connectivity index (χ1) is 12.3. The summed E-state index contributed by atoms with van der Waals surface area (Å²) in [4.78, 5) is 23.2. The van der Waals surface area contributed by atoms with Crippen LogP contribution in [0.4, 0.5) is 18.9 Å². The fourth-order valence-corrected chi connectivity index (χ4v) is 2.74. The van der Waals surface area contributed by atoms with Gasteiger partial charge >= 0.3 is 12.1 Å². The van der Waals surface area contributed by atoms with Gasteiger partial charge in [-0.1, -0.05) is 42.5 Å². The van der Waals surface area contributed by atoms with E-state index < -0.39 is 23.6 Å². The molecule has 8 heteroatoms. The number of hydrogen-bond donors (Lipinski definition) is 2. The summed E-state index contributed by atoms with van der Waals surface area (Å²) in [6, 6.07) is 13.2. The van der Waals surface area contributed by atoms with Gasteiger partial charge in [-0.2, -0.15) is 13.2 Å². The molecule has 2 aromatic carbocycles. The molecular formula is C18H14F3NO3S. The van der Waals surface area contributed by atoms with Crippen LogP contribution in [-0.4, -0.2) is 22.7 Å². The van der Waals surface area contributed by atoms with Gasteiger partial charge in [-0.25, -0.2) is 4.79 Å². The van der Waals surface area contributed by atoms with Crippen LogP contribution < -0.4 is 5.32 Å². The molecule has 2 rings (SSSR count). The number of aliphatic carboxylic acids is 1. The summed E-state index contributed by atoms with van der Waals surface area (Å²) in [6.45, 7) is 0. The summed E-state index contributed by atoms with van der Waals surface area (Å²) in [5.74, 6) is -2.29. The Labute approximate surface area is 151 Å². The minimum atomic E-state index is -4.60. The van der Waals surface area contributed by atoms with E-state index >= 15 is 0 Å². The monoisotopic (exact) mass is 381 g/mol. The Morgan fingerprint density at radius 2 is 1.65 bits per heavy atom. The zero-order chi connectivity index (χ0) is 19.2. The Morgan fingerprint density at radius 1 is 1.04 bits per heavy atom. The number of carboxylic acid groups (broad SMARTS) is 1. The third-order valence-electron chi connectivity index (χ3n) is 3.17. The number of amides is 1. The van der Waals surface area contributed by atoms with Crippen LogP contribution in [0.15, 0.2) is 59.5 Å². The molecule has 2 N–H and O–H groups in total. The predicted octanol–water partition coefficient (Wildman–Crippen LogP) is 4.50. The molecule has 4 nitrogen and oxygen atoms in total. The molecule has 0 atom stereocenters. The lowest BCUT2D eigenvalue weighted by atomic mass is 10.1. The first-order valence-electron chi connectivity index (χ1n) is 7.36. The summed E-state index contributed by atoms with van der Waals surface area (Å²) in [7, 11) is 0. The van der Waals surface area contributed by atoms with Gasteiger partial charge in [0, 0.05) is 0 Å². The van der Waals surface area contributed by atoms with Crippen molar-refractivity contribution in [1.82, 2.24) is 0 Å². The molecule has 2 aromatic rings. The number of halogens is 3. The van der Waals surface area contributed by atoms with E-state index in [-0.39, 0.29) is 16.3 Å². The Hall–Kier alpha value is -2.74. The minimum Gasteiger partial charge on any atom is -0.477 e. The predicted molar refractivity (Wildman–Crippen MR) is 94.6 cm³/mol. The van der Waals surface area contributed by atoms with E-state index in [9.17, 15) is 27.9 Å². The largest absolute Gasteiger partial charge is 0.477 e. The molecule has 0 aliphatic heterocycles. The maximum absolute atomic E-state index is 12.9. The number of hydrogen-bond acceptors (Lipinski definition) is 3. The molecule has 0 bridgehead atoms. The van der Waals surface area contributed by atoms with Crippen molar-refractivity contribution in [1.29, 1.82) is 0 Å². The molecule has 136 valence electrons. The van der Waals surface area contributed by atoms with Crippen molar-refractivity contribution >= 4 is 35.4 Å². The number of rotatable bonds is 6. The van der Waals surface area contributed by atoms with E-state index in [1.54, 1.807) is 30.3 Å². The van der Waals surface area contributed by atoms with Crippen LogP contribution in [0.5, 0.6) is 0 Å². The van der Waals surface area contributed by atoms with E-state index in [0.29, 0.717) is 5.56 Å². The van der Waals surface area contributed by atoms with Crippen LogP contribution >= 0.6 is 11.8 Å². The second-order valence-electron chi connectivity index (χ2n) is 5.10. The van der Waals surface area contributed by atoms with Gasteiger partial charge in [-0.3, -0.25) is 4.79 Å². The van der Waals surface area contributed by atoms with Gasteiger partial charge in [-0.05, 0) is 23.8 Å². The maximum atomic E-state index is 12.9. The fourth-order valence-electron chi connectivity index (χ4n) is 2.03. The molecule has 26 heavy (non-hydrogen) atoms. The van der Waals surface area contributed by atoms with Gasteiger partial charge in [0.25, 0.3) is 0 Å². The molecule has 0 saturated carbocycles. The average Bonchev–Trinajstić information content (AvgIpc) is 2.58. The summed E-state index contributed by atoms with van der Waals surface area (Å²) >= 11 is 0.733. The molecule has 0 unspecified atom stereocenters. The highest BCUT2D eigenvalue weighted by Crippen LogP contribution is 2.34. The number of benzene rings is 2. The third-order valence-corrected chi connectivity index (χ3v) is 4.18. The fraction of sp³-hybridized carbons (Fsp3) is 0.111. The van der Waals surface area contributed by atoms with Gasteiger partial charge in [0.05, 0.1) is 21.9 Å². The number of carbonyl (C=O) groups excluding carboxylic acids is 1. The van der Waals surface area contributed by atoms with Crippen LogP contribution in [0.3, 0.4) is 0 Å². The maximum Gasteiger partial charge on any atom is 0.418 e. The second-order valence-corrected chi connectivity index (χ2v) is 6.12. The molecule has 0 fully saturated rings. The molecule has 0 spiro atoms. The molecular weight excluding hydrogens is 367 g/mol. The highest BCUT2D eigenvalue weighted by Gasteiger charge is 2.33. The van der Waals surface area contributed by atoms with E-state index in [2.05, 4.69) is 5.32 Å². The lowest BCUT2D eigenvalue weighted by Crippen LogP contribution is -2.18. The van der Waals surface area contributed by atoms with E-state index in [0.717, 1.165) is 23.9 Å². The van der Waals surface area contributed by atoms with E-state index in [4.69, 9.17) is 0 Å². The Kier molecular flexibility index (Phi) is 6.46. The minimum absolute atomic E-state index is 0.0875. The normalized spacial score (nSPS) is 11.9. The van der Waals surface area contributed by atoms with Crippen LogP contribution in [0.1, 0.15) is 11.1 Å². The number of carbonyl (C=O) groups is 2. The SMILES string of the molecule is O=C(CS/C(=C/c1ccccc1)C(=O)O)Nc1ccccc1C(F)(F)F. The summed E-state index contributed by atoms with van der Waals surface area (Å²) in [5, 5.41) is 11.4. The van der Waals surface area contributed by atoms with Crippen LogP contribution in [0, 0.1) is 0 Å². The number of carboxylic acids is 1. The molecule has 1 amide bonds. The Balaban J connectivity index is 2.06. The lowest BCUT2D eigenvalue weighted by molar-refractivity contribution is -0.137. The zero-order valence-electron chi connectivity index (χ0n) is 13.3. The Morgan fingerprint density at radius 3 is 2.27 bits per heavy atom. The first kappa shape index (κ1) is 19.6. The van der Waals surface area contributed by atoms with Crippen molar-refractivity contribution in [2.75, 3.05) is 11.1 Å². The van der Waals surface area contributed by atoms with E-state index in [1.165, 1.54) is 18.2 Å². The second kappa shape index (κ2) is 8.57. The van der Waals surface area contributed by atoms with Crippen LogP contribution in [0.25, 0.3) is 6.08 Å². The van der Waals surface area contributed by atoms with Crippen molar-refractivity contribution in [2.45, 2.75) is 6.18 Å². The van der Waals surface area contributed by atoms with Gasteiger partial charge in [0.2, 0.25) is 5.91 Å². The van der Waals surface area contributed by atoms with Crippen molar-refractivity contribution in [2.24, 2.45) is 0 Å². The highest BCUT2D eigenvalue weighted by atomic mass is 32.2. The van der Waals surface area contributed by atoms with Gasteiger partial charge in [0.15, 0.2) is 0 Å². The number of para-hydroxylation sites is 1. The van der Waals surface area contributed by atoms with Crippen molar-refractivity contribution in [3.05, 3.63) is 70.6 Å². The smallest absolute Gasteiger partial charge is 0.418 e. The topological polar surface area (TPSA) is 66.4 Å². The van der Waals surface area contributed by atoms with Crippen LogP contribution in [-0.2, 0) is 15.8 Å². The molecule has 0 aromatic heterocycles. The van der Waals surface area contributed by atoms with Crippen molar-refractivity contribution < 1.29 is 27.9 Å². The number of nitrogens with one attached hydrogen (secondary N) is 1. The molecule has 0 aliphatic carbocycles. The van der Waals surface area contributed by atoms with Gasteiger partial charge in [-0.15, -0.1) is 11.8 Å². The molecule has 0 aliphatic rings. The van der Waals surface area contributed by atoms with Gasteiger partial charge in [0.1, 0.15) is 0 Å². The molecule has 0 heterocycles. The first-order valence-corrected chi connectivity index (χ1v) is 8.35. The van der Waals surface area contributed by atoms with Crippen molar-refractivity contribution in [3.63, 3.8) is 0 Å². The summed E-state index contributed by atoms with van der Waals surface area (Å²) in [5.41, 5.74) is -0.689. The van der Waals surface area contributed by atoms with Gasteiger partial charge < -0.3 is 10.4 Å². The third kappa shape index (κ3) is 5.66. The quantitative estimate of drug-likeness (QED) is 0.723. The zero-order valence-corrected chi connectivity index (χ0v) is 14.1. The molecule has 0 radical (unpaired) electrons.